The molecule has 9 heteroatoms. The summed E-state index contributed by atoms with van der Waals surface area (Å²) in [6.07, 6.45) is -0.0271. The summed E-state index contributed by atoms with van der Waals surface area (Å²) in [5.74, 6) is 0.157. The Kier molecular flexibility index (Phi) is 6.25. The summed E-state index contributed by atoms with van der Waals surface area (Å²) in [5.41, 5.74) is 2.72. The standard InChI is InChI=1S/C27H23NO8/c1-3-32-27(30)18(12-28)9-19-17(11-23(29)31-2)8-15-5-7-21-26(36-14-34-21)25(15)24(19)16-4-6-20-22(10-16)35-13-33-20/h4-8,10,18H,3,9,11,13-14H2,1-2H3. The lowest BCUT2D eigenvalue weighted by atomic mass is 9.84. The highest BCUT2D eigenvalue weighted by Crippen LogP contribution is 2.48. The zero-order valence-corrected chi connectivity index (χ0v) is 19.8. The SMILES string of the molecule is CCOC(=O)C(C#N)Cc1c(CC(=O)OC)cc2ccc3c(c2c1-c1ccc2c(c1)OCO2)OCO3. The lowest BCUT2D eigenvalue weighted by Gasteiger charge is -2.21. The molecule has 0 spiro atoms. The van der Waals surface area contributed by atoms with Gasteiger partial charge in [-0.1, -0.05) is 18.2 Å². The van der Waals surface area contributed by atoms with Crippen molar-refractivity contribution in [1.82, 2.24) is 0 Å². The Labute approximate surface area is 207 Å². The van der Waals surface area contributed by atoms with Crippen molar-refractivity contribution >= 4 is 22.7 Å². The molecule has 3 aromatic rings. The number of ether oxygens (including phenoxy) is 6. The first-order valence-corrected chi connectivity index (χ1v) is 11.4. The summed E-state index contributed by atoms with van der Waals surface area (Å²) in [5, 5.41) is 11.4. The topological polar surface area (TPSA) is 113 Å². The average Bonchev–Trinajstić information content (AvgIpc) is 3.56. The van der Waals surface area contributed by atoms with E-state index in [2.05, 4.69) is 6.07 Å². The van der Waals surface area contributed by atoms with Gasteiger partial charge in [0.15, 0.2) is 23.0 Å². The van der Waals surface area contributed by atoms with Crippen molar-refractivity contribution in [2.75, 3.05) is 27.3 Å². The molecule has 2 aliphatic heterocycles. The number of fused-ring (bicyclic) bond motifs is 4. The van der Waals surface area contributed by atoms with Gasteiger partial charge in [0.05, 0.1) is 26.2 Å². The van der Waals surface area contributed by atoms with Crippen LogP contribution >= 0.6 is 0 Å². The number of nitriles is 1. The van der Waals surface area contributed by atoms with E-state index in [1.165, 1.54) is 7.11 Å². The van der Waals surface area contributed by atoms with Gasteiger partial charge in [0.25, 0.3) is 0 Å². The maximum Gasteiger partial charge on any atom is 0.323 e. The van der Waals surface area contributed by atoms with Crippen molar-refractivity contribution < 1.29 is 38.0 Å². The number of rotatable bonds is 7. The van der Waals surface area contributed by atoms with Crippen molar-refractivity contribution in [1.29, 1.82) is 5.26 Å². The molecule has 36 heavy (non-hydrogen) atoms. The monoisotopic (exact) mass is 489 g/mol. The van der Waals surface area contributed by atoms with Gasteiger partial charge in [-0.15, -0.1) is 0 Å². The van der Waals surface area contributed by atoms with Gasteiger partial charge in [-0.25, -0.2) is 0 Å². The molecule has 2 heterocycles. The molecule has 2 aliphatic rings. The minimum Gasteiger partial charge on any atom is -0.469 e. The number of hydrogen-bond acceptors (Lipinski definition) is 9. The van der Waals surface area contributed by atoms with Crippen LogP contribution in [0.2, 0.25) is 0 Å². The van der Waals surface area contributed by atoms with Crippen molar-refractivity contribution in [2.45, 2.75) is 19.8 Å². The summed E-state index contributed by atoms with van der Waals surface area (Å²) >= 11 is 0. The summed E-state index contributed by atoms with van der Waals surface area (Å²) < 4.78 is 32.7. The fraction of sp³-hybridized carbons (Fsp3) is 0.296. The third-order valence-electron chi connectivity index (χ3n) is 6.20. The van der Waals surface area contributed by atoms with Crippen molar-refractivity contribution in [3.05, 3.63) is 47.5 Å². The van der Waals surface area contributed by atoms with E-state index < -0.39 is 17.9 Å². The van der Waals surface area contributed by atoms with E-state index in [-0.39, 0.29) is 33.0 Å². The maximum absolute atomic E-state index is 12.6. The van der Waals surface area contributed by atoms with Gasteiger partial charge in [-0.3, -0.25) is 9.59 Å². The summed E-state index contributed by atoms with van der Waals surface area (Å²) in [7, 11) is 1.32. The van der Waals surface area contributed by atoms with Crippen LogP contribution in [-0.4, -0.2) is 39.2 Å². The molecular formula is C27H23NO8. The Hall–Kier alpha value is -4.45. The number of methoxy groups -OCH3 is 1. The first-order chi connectivity index (χ1) is 17.5. The smallest absolute Gasteiger partial charge is 0.323 e. The Balaban J connectivity index is 1.80. The molecule has 0 bridgehead atoms. The highest BCUT2D eigenvalue weighted by molar-refractivity contribution is 6.05. The van der Waals surface area contributed by atoms with E-state index in [4.69, 9.17) is 28.4 Å². The molecule has 1 atom stereocenters. The van der Waals surface area contributed by atoms with Gasteiger partial charge in [-0.2, -0.15) is 5.26 Å². The van der Waals surface area contributed by atoms with E-state index in [1.807, 2.05) is 30.3 Å². The van der Waals surface area contributed by atoms with Gasteiger partial charge >= 0.3 is 11.9 Å². The molecule has 5 rings (SSSR count). The van der Waals surface area contributed by atoms with E-state index in [0.717, 1.165) is 16.3 Å². The number of benzene rings is 3. The van der Waals surface area contributed by atoms with E-state index >= 15 is 0 Å². The van der Waals surface area contributed by atoms with Gasteiger partial charge in [0, 0.05) is 5.39 Å². The summed E-state index contributed by atoms with van der Waals surface area (Å²) in [4.78, 5) is 25.0. The largest absolute Gasteiger partial charge is 0.469 e. The minimum absolute atomic E-state index is 0.0197. The second-order valence-corrected chi connectivity index (χ2v) is 8.25. The molecule has 184 valence electrons. The molecule has 0 amide bonds. The van der Waals surface area contributed by atoms with Crippen LogP contribution in [0.15, 0.2) is 36.4 Å². The zero-order valence-electron chi connectivity index (χ0n) is 19.8. The number of nitrogens with zero attached hydrogens (tertiary/aromatic N) is 1. The quantitative estimate of drug-likeness (QED) is 0.456. The van der Waals surface area contributed by atoms with Crippen LogP contribution in [0.3, 0.4) is 0 Å². The fourth-order valence-electron chi connectivity index (χ4n) is 4.57. The Morgan fingerprint density at radius 2 is 1.78 bits per heavy atom. The zero-order chi connectivity index (χ0) is 25.2. The molecule has 0 N–H and O–H groups in total. The molecular weight excluding hydrogens is 466 g/mol. The van der Waals surface area contributed by atoms with Crippen LogP contribution in [0.5, 0.6) is 23.0 Å². The molecule has 9 nitrogen and oxygen atoms in total. The third-order valence-corrected chi connectivity index (χ3v) is 6.20. The van der Waals surface area contributed by atoms with Crippen LogP contribution in [0.4, 0.5) is 0 Å². The number of carbonyl (C=O) groups is 2. The lowest BCUT2D eigenvalue weighted by Crippen LogP contribution is -2.20. The van der Waals surface area contributed by atoms with Crippen LogP contribution in [0.25, 0.3) is 21.9 Å². The van der Waals surface area contributed by atoms with Crippen molar-refractivity contribution in [2.24, 2.45) is 5.92 Å². The number of hydrogen-bond donors (Lipinski definition) is 0. The first kappa shape index (κ1) is 23.3. The van der Waals surface area contributed by atoms with Crippen LogP contribution in [-0.2, 0) is 31.9 Å². The van der Waals surface area contributed by atoms with Gasteiger partial charge in [0.2, 0.25) is 13.6 Å². The van der Waals surface area contributed by atoms with Crippen LogP contribution < -0.4 is 18.9 Å². The summed E-state index contributed by atoms with van der Waals surface area (Å²) in [6.45, 7) is 2.01. The van der Waals surface area contributed by atoms with Gasteiger partial charge in [-0.05, 0) is 59.2 Å². The number of esters is 2. The van der Waals surface area contributed by atoms with E-state index in [0.29, 0.717) is 39.7 Å². The predicted molar refractivity (Wildman–Crippen MR) is 127 cm³/mol. The molecule has 0 aromatic heterocycles. The predicted octanol–water partition coefficient (Wildman–Crippen LogP) is 3.93. The summed E-state index contributed by atoms with van der Waals surface area (Å²) in [6, 6.07) is 13.1. The van der Waals surface area contributed by atoms with E-state index in [1.54, 1.807) is 13.0 Å². The Bertz CT molecular complexity index is 1410. The second kappa shape index (κ2) is 9.66. The highest BCUT2D eigenvalue weighted by atomic mass is 16.7. The molecule has 1 unspecified atom stereocenters. The minimum atomic E-state index is -1.08. The third kappa shape index (κ3) is 4.11. The lowest BCUT2D eigenvalue weighted by molar-refractivity contribution is -0.146. The molecule has 0 radical (unpaired) electrons. The first-order valence-electron chi connectivity index (χ1n) is 11.4. The Morgan fingerprint density at radius 3 is 2.56 bits per heavy atom. The number of carbonyl (C=O) groups excluding carboxylic acids is 2. The van der Waals surface area contributed by atoms with Gasteiger partial charge in [0.1, 0.15) is 5.92 Å². The maximum atomic E-state index is 12.6. The molecule has 3 aromatic carbocycles. The van der Waals surface area contributed by atoms with Crippen molar-refractivity contribution in [3.63, 3.8) is 0 Å². The fourth-order valence-corrected chi connectivity index (χ4v) is 4.57. The highest BCUT2D eigenvalue weighted by Gasteiger charge is 2.29. The molecule has 0 saturated heterocycles. The van der Waals surface area contributed by atoms with Crippen LogP contribution in [0, 0.1) is 17.2 Å². The normalized spacial score (nSPS) is 13.8. The van der Waals surface area contributed by atoms with E-state index in [9.17, 15) is 14.9 Å². The Morgan fingerprint density at radius 1 is 1.03 bits per heavy atom. The molecule has 0 aliphatic carbocycles. The van der Waals surface area contributed by atoms with Crippen molar-refractivity contribution in [3.8, 4) is 40.2 Å². The second-order valence-electron chi connectivity index (χ2n) is 8.25. The van der Waals surface area contributed by atoms with Crippen LogP contribution in [0.1, 0.15) is 18.1 Å². The molecule has 0 saturated carbocycles. The average molecular weight is 489 g/mol. The van der Waals surface area contributed by atoms with Gasteiger partial charge < -0.3 is 28.4 Å². The molecule has 0 fully saturated rings.